The number of nitrogens with zero attached hydrogens (tertiary/aromatic N) is 3. The Balaban J connectivity index is 2.21. The Bertz CT molecular complexity index is 525. The maximum atomic E-state index is 10.8. The summed E-state index contributed by atoms with van der Waals surface area (Å²) in [4.78, 5) is 17.5. The van der Waals surface area contributed by atoms with E-state index in [1.165, 1.54) is 18.9 Å². The minimum atomic E-state index is -0.618. The van der Waals surface area contributed by atoms with Crippen LogP contribution in [0.3, 0.4) is 0 Å². The van der Waals surface area contributed by atoms with Crippen LogP contribution >= 0.6 is 0 Å². The van der Waals surface area contributed by atoms with Crippen molar-refractivity contribution in [2.24, 2.45) is 0 Å². The van der Waals surface area contributed by atoms with Crippen molar-refractivity contribution in [2.45, 2.75) is 6.54 Å². The number of hydrogen-bond acceptors (Lipinski definition) is 7. The highest BCUT2D eigenvalue weighted by atomic mass is 16.6. The van der Waals surface area contributed by atoms with Crippen molar-refractivity contribution < 1.29 is 9.34 Å². The second-order valence-corrected chi connectivity index (χ2v) is 3.20. The Kier molecular flexibility index (Phi) is 2.86. The second-order valence-electron chi connectivity index (χ2n) is 3.20. The molecule has 0 aliphatic rings. The van der Waals surface area contributed by atoms with Gasteiger partial charge in [-0.1, -0.05) is 0 Å². The summed E-state index contributed by atoms with van der Waals surface area (Å²) in [5, 5.41) is 13.6. The third-order valence-corrected chi connectivity index (χ3v) is 2.07. The van der Waals surface area contributed by atoms with E-state index in [0.717, 1.165) is 5.56 Å². The van der Waals surface area contributed by atoms with Gasteiger partial charge in [0.2, 0.25) is 11.6 Å². The van der Waals surface area contributed by atoms with Gasteiger partial charge in [0, 0.05) is 12.1 Å². The van der Waals surface area contributed by atoms with Crippen LogP contribution in [-0.4, -0.2) is 14.9 Å². The number of nitrogen functional groups attached to an aromatic ring is 1. The molecule has 8 heteroatoms. The number of nitrogens with two attached hydrogens (primary N) is 1. The average molecular weight is 235 g/mol. The highest BCUT2D eigenvalue weighted by molar-refractivity contribution is 5.67. The van der Waals surface area contributed by atoms with Crippen LogP contribution in [0.15, 0.2) is 29.3 Å². The van der Waals surface area contributed by atoms with E-state index in [4.69, 9.17) is 10.2 Å². The number of anilines is 2. The van der Waals surface area contributed by atoms with Gasteiger partial charge in [-0.05, 0) is 6.07 Å². The lowest BCUT2D eigenvalue weighted by Gasteiger charge is -2.04. The molecule has 3 N–H and O–H groups in total. The molecule has 2 heterocycles. The maximum absolute atomic E-state index is 10.8. The first-order valence-electron chi connectivity index (χ1n) is 4.68. The molecule has 88 valence electrons. The van der Waals surface area contributed by atoms with Crippen LogP contribution in [0.4, 0.5) is 17.3 Å². The fraction of sp³-hybridized carbons (Fsp3) is 0.111. The second kappa shape index (κ2) is 4.47. The highest BCUT2D eigenvalue weighted by Crippen LogP contribution is 2.26. The van der Waals surface area contributed by atoms with E-state index < -0.39 is 4.92 Å². The Hall–Kier alpha value is -2.64. The lowest BCUT2D eigenvalue weighted by Crippen LogP contribution is -2.07. The lowest BCUT2D eigenvalue weighted by molar-refractivity contribution is -0.383. The Morgan fingerprint density at radius 2 is 2.35 bits per heavy atom. The van der Waals surface area contributed by atoms with Crippen LogP contribution in [0.25, 0.3) is 0 Å². The van der Waals surface area contributed by atoms with Gasteiger partial charge in [-0.25, -0.2) is 9.97 Å². The van der Waals surface area contributed by atoms with Crippen LogP contribution in [0, 0.1) is 10.1 Å². The molecule has 0 unspecified atom stereocenters. The van der Waals surface area contributed by atoms with E-state index in [9.17, 15) is 10.1 Å². The van der Waals surface area contributed by atoms with Crippen molar-refractivity contribution in [3.63, 3.8) is 0 Å². The Morgan fingerprint density at radius 3 is 3.00 bits per heavy atom. The predicted octanol–water partition coefficient (Wildman–Crippen LogP) is 1.17. The standard InChI is InChI=1S/C9H9N5O3/c10-8-7(14(15)16)9(13-5-12-8)11-3-6-1-2-17-4-6/h1-2,4-5H,3H2,(H3,10,11,12,13). The number of aromatic nitrogens is 2. The number of hydrogen-bond donors (Lipinski definition) is 2. The summed E-state index contributed by atoms with van der Waals surface area (Å²) in [6.45, 7) is 0.355. The molecule has 0 atom stereocenters. The zero-order valence-corrected chi connectivity index (χ0v) is 8.66. The first kappa shape index (κ1) is 10.9. The van der Waals surface area contributed by atoms with Crippen molar-refractivity contribution >= 4 is 17.3 Å². The maximum Gasteiger partial charge on any atom is 0.352 e. The highest BCUT2D eigenvalue weighted by Gasteiger charge is 2.20. The fourth-order valence-corrected chi connectivity index (χ4v) is 1.28. The zero-order valence-electron chi connectivity index (χ0n) is 8.66. The topological polar surface area (TPSA) is 120 Å². The van der Waals surface area contributed by atoms with Crippen molar-refractivity contribution in [1.82, 2.24) is 9.97 Å². The number of nitro groups is 1. The van der Waals surface area contributed by atoms with Gasteiger partial charge in [-0.3, -0.25) is 10.1 Å². The van der Waals surface area contributed by atoms with Crippen LogP contribution in [0.5, 0.6) is 0 Å². The summed E-state index contributed by atoms with van der Waals surface area (Å²) < 4.78 is 4.87. The lowest BCUT2D eigenvalue weighted by atomic mass is 10.3. The average Bonchev–Trinajstić information content (AvgIpc) is 2.78. The molecule has 0 fully saturated rings. The molecule has 0 saturated carbocycles. The van der Waals surface area contributed by atoms with E-state index in [1.807, 2.05) is 0 Å². The van der Waals surface area contributed by atoms with Gasteiger partial charge in [0.1, 0.15) is 6.33 Å². The van der Waals surface area contributed by atoms with E-state index in [1.54, 1.807) is 6.07 Å². The summed E-state index contributed by atoms with van der Waals surface area (Å²) in [6, 6.07) is 1.74. The molecule has 17 heavy (non-hydrogen) atoms. The minimum absolute atomic E-state index is 0.0868. The summed E-state index contributed by atoms with van der Waals surface area (Å²) >= 11 is 0. The molecule has 0 aliphatic heterocycles. The van der Waals surface area contributed by atoms with Crippen molar-refractivity contribution in [2.75, 3.05) is 11.1 Å². The molecule has 2 aromatic rings. The van der Waals surface area contributed by atoms with Gasteiger partial charge in [0.15, 0.2) is 0 Å². The van der Waals surface area contributed by atoms with Gasteiger partial charge in [-0.2, -0.15) is 0 Å². The molecule has 0 spiro atoms. The summed E-state index contributed by atoms with van der Waals surface area (Å²) in [5.74, 6) is -0.0802. The quantitative estimate of drug-likeness (QED) is 0.602. The van der Waals surface area contributed by atoms with E-state index in [0.29, 0.717) is 6.54 Å². The summed E-state index contributed by atoms with van der Waals surface area (Å²) in [6.07, 6.45) is 4.21. The number of nitrogens with one attached hydrogen (secondary N) is 1. The summed E-state index contributed by atoms with van der Waals surface area (Å²) in [7, 11) is 0. The van der Waals surface area contributed by atoms with Gasteiger partial charge in [-0.15, -0.1) is 0 Å². The van der Waals surface area contributed by atoms with Crippen LogP contribution in [0.1, 0.15) is 5.56 Å². The summed E-state index contributed by atoms with van der Waals surface area (Å²) in [5.41, 5.74) is 5.94. The van der Waals surface area contributed by atoms with Gasteiger partial charge in [0.05, 0.1) is 17.4 Å². The molecule has 2 aromatic heterocycles. The zero-order chi connectivity index (χ0) is 12.3. The van der Waals surface area contributed by atoms with Crippen LogP contribution in [0.2, 0.25) is 0 Å². The monoisotopic (exact) mass is 235 g/mol. The van der Waals surface area contributed by atoms with Crippen molar-refractivity contribution in [1.29, 1.82) is 0 Å². The normalized spacial score (nSPS) is 10.1. The van der Waals surface area contributed by atoms with E-state index in [-0.39, 0.29) is 17.3 Å². The van der Waals surface area contributed by atoms with E-state index >= 15 is 0 Å². The predicted molar refractivity (Wildman–Crippen MR) is 59.1 cm³/mol. The minimum Gasteiger partial charge on any atom is -0.472 e. The third kappa shape index (κ3) is 2.30. The number of rotatable bonds is 4. The molecule has 0 radical (unpaired) electrons. The molecule has 0 saturated heterocycles. The van der Waals surface area contributed by atoms with Gasteiger partial charge >= 0.3 is 5.69 Å². The van der Waals surface area contributed by atoms with Crippen molar-refractivity contribution in [3.05, 3.63) is 40.6 Å². The van der Waals surface area contributed by atoms with Crippen molar-refractivity contribution in [3.8, 4) is 0 Å². The largest absolute Gasteiger partial charge is 0.472 e. The first-order valence-corrected chi connectivity index (χ1v) is 4.68. The Labute approximate surface area is 95.6 Å². The van der Waals surface area contributed by atoms with Crippen LogP contribution in [-0.2, 0) is 6.54 Å². The van der Waals surface area contributed by atoms with Gasteiger partial charge in [0.25, 0.3) is 0 Å². The molecule has 0 amide bonds. The SMILES string of the molecule is Nc1ncnc(NCc2ccoc2)c1[N+](=O)[O-]. The molecule has 0 aromatic carbocycles. The van der Waals surface area contributed by atoms with Gasteiger partial charge < -0.3 is 15.5 Å². The fourth-order valence-electron chi connectivity index (χ4n) is 1.28. The third-order valence-electron chi connectivity index (χ3n) is 2.07. The molecular weight excluding hydrogens is 226 g/mol. The molecule has 2 rings (SSSR count). The molecule has 0 aliphatic carbocycles. The smallest absolute Gasteiger partial charge is 0.352 e. The van der Waals surface area contributed by atoms with E-state index in [2.05, 4.69) is 15.3 Å². The first-order chi connectivity index (χ1) is 8.18. The number of furan rings is 1. The Morgan fingerprint density at radius 1 is 1.53 bits per heavy atom. The molecule has 8 nitrogen and oxygen atoms in total. The van der Waals surface area contributed by atoms with Crippen LogP contribution < -0.4 is 11.1 Å². The molecular formula is C9H9N5O3. The molecule has 0 bridgehead atoms.